The van der Waals surface area contributed by atoms with Crippen LogP contribution in [0.15, 0.2) is 0 Å². The van der Waals surface area contributed by atoms with E-state index in [4.69, 9.17) is 4.74 Å². The zero-order chi connectivity index (χ0) is 14.9. The molecule has 2 amide bonds. The van der Waals surface area contributed by atoms with Crippen LogP contribution in [0.1, 0.15) is 53.4 Å². The van der Waals surface area contributed by atoms with Crippen LogP contribution in [-0.2, 0) is 14.3 Å². The zero-order valence-corrected chi connectivity index (χ0v) is 12.9. The van der Waals surface area contributed by atoms with Crippen molar-refractivity contribution in [3.63, 3.8) is 0 Å². The average Bonchev–Trinajstić information content (AvgIpc) is 2.81. The summed E-state index contributed by atoms with van der Waals surface area (Å²) in [5.74, 6) is -0.0166. The molecule has 0 aromatic carbocycles. The van der Waals surface area contributed by atoms with Crippen molar-refractivity contribution >= 4 is 11.8 Å². The molecule has 114 valence electrons. The molecule has 0 spiro atoms. The number of amides is 2. The van der Waals surface area contributed by atoms with Gasteiger partial charge in [-0.1, -0.05) is 13.8 Å². The van der Waals surface area contributed by atoms with Gasteiger partial charge in [0.05, 0.1) is 12.2 Å². The van der Waals surface area contributed by atoms with Gasteiger partial charge in [0.25, 0.3) is 0 Å². The molecule has 2 saturated heterocycles. The topological polar surface area (TPSA) is 58.6 Å². The summed E-state index contributed by atoms with van der Waals surface area (Å²) >= 11 is 0. The summed E-state index contributed by atoms with van der Waals surface area (Å²) in [5.41, 5.74) is -0.771. The molecule has 2 aliphatic rings. The average molecular weight is 282 g/mol. The van der Waals surface area contributed by atoms with E-state index >= 15 is 0 Å². The number of carbonyl (C=O) groups excluding carboxylic acids is 2. The summed E-state index contributed by atoms with van der Waals surface area (Å²) in [6, 6.07) is -0.360. The number of ether oxygens (including phenoxy) is 1. The summed E-state index contributed by atoms with van der Waals surface area (Å²) in [7, 11) is 0. The van der Waals surface area contributed by atoms with Gasteiger partial charge in [-0.3, -0.25) is 9.59 Å². The molecule has 2 fully saturated rings. The molecule has 0 saturated carbocycles. The van der Waals surface area contributed by atoms with Crippen LogP contribution >= 0.6 is 0 Å². The number of hydrogen-bond donors (Lipinski definition) is 1. The monoisotopic (exact) mass is 282 g/mol. The quantitative estimate of drug-likeness (QED) is 0.849. The summed E-state index contributed by atoms with van der Waals surface area (Å²) in [4.78, 5) is 26.7. The van der Waals surface area contributed by atoms with Crippen LogP contribution in [0.4, 0.5) is 0 Å². The van der Waals surface area contributed by atoms with E-state index in [0.29, 0.717) is 19.4 Å². The number of nitrogens with one attached hydrogen (secondary N) is 1. The maximum atomic E-state index is 12.7. The molecule has 2 heterocycles. The third-order valence-corrected chi connectivity index (χ3v) is 4.62. The first-order chi connectivity index (χ1) is 9.41. The molecule has 20 heavy (non-hydrogen) atoms. The van der Waals surface area contributed by atoms with Crippen LogP contribution in [-0.4, -0.2) is 47.0 Å². The molecule has 1 N–H and O–H groups in total. The largest absolute Gasteiger partial charge is 0.373 e. The molecular formula is C15H26N2O3. The molecular weight excluding hydrogens is 256 g/mol. The molecule has 5 nitrogen and oxygen atoms in total. The van der Waals surface area contributed by atoms with Gasteiger partial charge >= 0.3 is 0 Å². The maximum Gasteiger partial charge on any atom is 0.248 e. The minimum atomic E-state index is -0.771. The Hall–Kier alpha value is -1.10. The molecule has 0 aromatic heterocycles. The van der Waals surface area contributed by atoms with Crippen molar-refractivity contribution in [1.29, 1.82) is 0 Å². The predicted molar refractivity (Wildman–Crippen MR) is 76.2 cm³/mol. The summed E-state index contributed by atoms with van der Waals surface area (Å²) in [6.45, 7) is 8.27. The van der Waals surface area contributed by atoms with Gasteiger partial charge in [0.1, 0.15) is 11.6 Å². The van der Waals surface area contributed by atoms with Crippen LogP contribution < -0.4 is 5.32 Å². The highest BCUT2D eigenvalue weighted by atomic mass is 16.5. The van der Waals surface area contributed by atoms with E-state index in [1.165, 1.54) is 0 Å². The summed E-state index contributed by atoms with van der Waals surface area (Å²) in [5, 5.41) is 2.89. The molecule has 0 bridgehead atoms. The van der Waals surface area contributed by atoms with E-state index in [2.05, 4.69) is 12.2 Å². The Balaban J connectivity index is 2.16. The fourth-order valence-electron chi connectivity index (χ4n) is 3.10. The van der Waals surface area contributed by atoms with E-state index in [1.54, 1.807) is 4.90 Å². The van der Waals surface area contributed by atoms with Crippen molar-refractivity contribution in [2.24, 2.45) is 0 Å². The van der Waals surface area contributed by atoms with Crippen molar-refractivity contribution in [2.75, 3.05) is 6.54 Å². The van der Waals surface area contributed by atoms with Crippen molar-refractivity contribution in [1.82, 2.24) is 10.2 Å². The number of rotatable bonds is 4. The standard InChI is InChI=1S/C15H26N2O3/c1-5-12-13(18)16-15(4,6-2)14(19)17(12)9-11-8-7-10(3)20-11/h10-12H,5-9H2,1-4H3,(H,16,18). The SMILES string of the molecule is CCC1C(=O)NC(C)(CC)C(=O)N1CC1CCC(C)O1. The summed E-state index contributed by atoms with van der Waals surface area (Å²) in [6.07, 6.45) is 3.56. The molecule has 5 heteroatoms. The van der Waals surface area contributed by atoms with Crippen molar-refractivity contribution in [2.45, 2.75) is 77.2 Å². The highest BCUT2D eigenvalue weighted by molar-refractivity contribution is 5.99. The third-order valence-electron chi connectivity index (χ3n) is 4.62. The Morgan fingerprint density at radius 2 is 2.05 bits per heavy atom. The van der Waals surface area contributed by atoms with Crippen LogP contribution in [0.2, 0.25) is 0 Å². The second kappa shape index (κ2) is 5.72. The van der Waals surface area contributed by atoms with E-state index in [0.717, 1.165) is 12.8 Å². The molecule has 4 unspecified atom stereocenters. The van der Waals surface area contributed by atoms with Gasteiger partial charge in [-0.15, -0.1) is 0 Å². The molecule has 2 aliphatic heterocycles. The molecule has 4 atom stereocenters. The first-order valence-corrected chi connectivity index (χ1v) is 7.69. The highest BCUT2D eigenvalue weighted by Crippen LogP contribution is 2.26. The lowest BCUT2D eigenvalue weighted by atomic mass is 9.91. The van der Waals surface area contributed by atoms with Crippen molar-refractivity contribution in [3.05, 3.63) is 0 Å². The van der Waals surface area contributed by atoms with Gasteiger partial charge in [-0.25, -0.2) is 0 Å². The number of carbonyl (C=O) groups is 2. The first kappa shape index (κ1) is 15.3. The van der Waals surface area contributed by atoms with Crippen LogP contribution in [0, 0.1) is 0 Å². The minimum Gasteiger partial charge on any atom is -0.373 e. The number of hydrogen-bond acceptors (Lipinski definition) is 3. The van der Waals surface area contributed by atoms with Gasteiger partial charge in [0.15, 0.2) is 0 Å². The Morgan fingerprint density at radius 1 is 1.35 bits per heavy atom. The molecule has 0 aromatic rings. The third kappa shape index (κ3) is 2.68. The molecule has 2 rings (SSSR count). The molecule has 0 radical (unpaired) electrons. The van der Waals surface area contributed by atoms with Crippen LogP contribution in [0.5, 0.6) is 0 Å². The first-order valence-electron chi connectivity index (χ1n) is 7.69. The lowest BCUT2D eigenvalue weighted by Crippen LogP contribution is -2.69. The second-order valence-electron chi connectivity index (χ2n) is 6.20. The Bertz CT molecular complexity index is 399. The second-order valence-corrected chi connectivity index (χ2v) is 6.20. The van der Waals surface area contributed by atoms with Gasteiger partial charge in [0, 0.05) is 6.54 Å². The van der Waals surface area contributed by atoms with Gasteiger partial charge < -0.3 is 15.0 Å². The van der Waals surface area contributed by atoms with Gasteiger partial charge in [0.2, 0.25) is 11.8 Å². The van der Waals surface area contributed by atoms with Gasteiger partial charge in [-0.2, -0.15) is 0 Å². The smallest absolute Gasteiger partial charge is 0.248 e. The van der Waals surface area contributed by atoms with E-state index in [1.807, 2.05) is 20.8 Å². The molecule has 0 aliphatic carbocycles. The number of nitrogens with zero attached hydrogens (tertiary/aromatic N) is 1. The van der Waals surface area contributed by atoms with E-state index in [9.17, 15) is 9.59 Å². The maximum absolute atomic E-state index is 12.7. The van der Waals surface area contributed by atoms with E-state index < -0.39 is 5.54 Å². The Labute approximate surface area is 121 Å². The normalized spacial score (nSPS) is 38.2. The van der Waals surface area contributed by atoms with E-state index in [-0.39, 0.29) is 30.1 Å². The fraction of sp³-hybridized carbons (Fsp3) is 0.867. The van der Waals surface area contributed by atoms with Crippen LogP contribution in [0.25, 0.3) is 0 Å². The fourth-order valence-corrected chi connectivity index (χ4v) is 3.10. The van der Waals surface area contributed by atoms with Crippen molar-refractivity contribution < 1.29 is 14.3 Å². The zero-order valence-electron chi connectivity index (χ0n) is 12.9. The summed E-state index contributed by atoms with van der Waals surface area (Å²) < 4.78 is 5.82. The Morgan fingerprint density at radius 3 is 2.55 bits per heavy atom. The Kier molecular flexibility index (Phi) is 4.37. The highest BCUT2D eigenvalue weighted by Gasteiger charge is 2.47. The number of piperazine rings is 1. The van der Waals surface area contributed by atoms with Crippen molar-refractivity contribution in [3.8, 4) is 0 Å². The van der Waals surface area contributed by atoms with Gasteiger partial charge in [-0.05, 0) is 39.5 Å². The lowest BCUT2D eigenvalue weighted by molar-refractivity contribution is -0.156. The minimum absolute atomic E-state index is 0.0228. The lowest BCUT2D eigenvalue weighted by Gasteiger charge is -2.44. The van der Waals surface area contributed by atoms with Crippen LogP contribution in [0.3, 0.4) is 0 Å². The predicted octanol–water partition coefficient (Wildman–Crippen LogP) is 1.46.